The SMILES string of the molecule is CC(C)(C)OC(=O)/C=C/CC1C(=O)N([Si](C)(C)C(C)(C)C)C1C(=O)OCc1ccccc1. The van der Waals surface area contributed by atoms with Gasteiger partial charge < -0.3 is 14.0 Å². The first-order chi connectivity index (χ1) is 14.6. The van der Waals surface area contributed by atoms with E-state index in [0.29, 0.717) is 0 Å². The summed E-state index contributed by atoms with van der Waals surface area (Å²) in [6.45, 7) is 16.1. The number of carbonyl (C=O) groups excluding carboxylic acids is 3. The number of carbonyl (C=O) groups is 3. The molecule has 1 aromatic rings. The van der Waals surface area contributed by atoms with E-state index in [0.717, 1.165) is 5.56 Å². The van der Waals surface area contributed by atoms with E-state index in [1.807, 2.05) is 30.3 Å². The van der Waals surface area contributed by atoms with E-state index in [2.05, 4.69) is 33.9 Å². The van der Waals surface area contributed by atoms with Crippen molar-refractivity contribution >= 4 is 26.1 Å². The molecule has 0 spiro atoms. The average molecular weight is 460 g/mol. The smallest absolute Gasteiger partial charge is 0.330 e. The lowest BCUT2D eigenvalue weighted by atomic mass is 9.87. The predicted octanol–water partition coefficient (Wildman–Crippen LogP) is 4.85. The van der Waals surface area contributed by atoms with Crippen molar-refractivity contribution in [3.63, 3.8) is 0 Å². The van der Waals surface area contributed by atoms with Gasteiger partial charge in [-0.05, 0) is 37.8 Å². The Morgan fingerprint density at radius 1 is 1.06 bits per heavy atom. The molecule has 6 nitrogen and oxygen atoms in total. The summed E-state index contributed by atoms with van der Waals surface area (Å²) in [6, 6.07) is 8.83. The van der Waals surface area contributed by atoms with Gasteiger partial charge in [-0.1, -0.05) is 70.3 Å². The van der Waals surface area contributed by atoms with Crippen LogP contribution in [0.15, 0.2) is 42.5 Å². The zero-order valence-corrected chi connectivity index (χ0v) is 21.6. The van der Waals surface area contributed by atoms with Crippen LogP contribution in [0.3, 0.4) is 0 Å². The highest BCUT2D eigenvalue weighted by Crippen LogP contribution is 2.45. The largest absolute Gasteiger partial charge is 0.459 e. The molecule has 1 fully saturated rings. The van der Waals surface area contributed by atoms with Gasteiger partial charge in [0.15, 0.2) is 8.24 Å². The van der Waals surface area contributed by atoms with Gasteiger partial charge in [-0.2, -0.15) is 0 Å². The zero-order chi connectivity index (χ0) is 24.3. The minimum Gasteiger partial charge on any atom is -0.459 e. The zero-order valence-electron chi connectivity index (χ0n) is 20.6. The molecule has 1 aromatic carbocycles. The van der Waals surface area contributed by atoms with Gasteiger partial charge in [0.1, 0.15) is 18.2 Å². The van der Waals surface area contributed by atoms with Gasteiger partial charge in [-0.15, -0.1) is 0 Å². The molecule has 1 aliphatic rings. The molecule has 0 aliphatic carbocycles. The van der Waals surface area contributed by atoms with Crippen molar-refractivity contribution in [2.24, 2.45) is 5.92 Å². The van der Waals surface area contributed by atoms with Crippen molar-refractivity contribution in [1.82, 2.24) is 4.57 Å². The lowest BCUT2D eigenvalue weighted by Gasteiger charge is -2.57. The third-order valence-electron chi connectivity index (χ3n) is 6.17. The maximum atomic E-state index is 13.2. The maximum absolute atomic E-state index is 13.2. The van der Waals surface area contributed by atoms with Gasteiger partial charge in [0.2, 0.25) is 5.91 Å². The second-order valence-corrected chi connectivity index (χ2v) is 15.9. The maximum Gasteiger partial charge on any atom is 0.330 e. The van der Waals surface area contributed by atoms with Crippen LogP contribution in [0.5, 0.6) is 0 Å². The molecule has 1 aliphatic heterocycles. The third kappa shape index (κ3) is 6.09. The second kappa shape index (κ2) is 9.61. The molecule has 2 unspecified atom stereocenters. The number of amides is 1. The van der Waals surface area contributed by atoms with Crippen molar-refractivity contribution in [3.05, 3.63) is 48.0 Å². The number of hydrogen-bond acceptors (Lipinski definition) is 5. The van der Waals surface area contributed by atoms with Crippen LogP contribution in [-0.2, 0) is 30.5 Å². The summed E-state index contributed by atoms with van der Waals surface area (Å²) in [6.07, 6.45) is 3.24. The van der Waals surface area contributed by atoms with Crippen LogP contribution in [-0.4, -0.2) is 42.3 Å². The van der Waals surface area contributed by atoms with Gasteiger partial charge in [0, 0.05) is 6.08 Å². The lowest BCUT2D eigenvalue weighted by molar-refractivity contribution is -0.168. The van der Waals surface area contributed by atoms with E-state index in [1.54, 1.807) is 31.4 Å². The Kier molecular flexibility index (Phi) is 7.76. The van der Waals surface area contributed by atoms with Crippen molar-refractivity contribution in [1.29, 1.82) is 0 Å². The summed E-state index contributed by atoms with van der Waals surface area (Å²) in [7, 11) is -2.29. The number of nitrogens with zero attached hydrogens (tertiary/aromatic N) is 1. The number of β-lactam (4-membered cyclic amide) rings is 1. The molecule has 0 saturated carbocycles. The Morgan fingerprint density at radius 2 is 1.66 bits per heavy atom. The third-order valence-corrected chi connectivity index (χ3v) is 11.5. The standard InChI is InChI=1S/C25H37NO5Si/c1-24(2,3)31-20(27)16-12-15-19-21(23(29)30-17-18-13-10-9-11-14-18)26(22(19)28)32(7,8)25(4,5)6/h9-14,16,19,21H,15,17H2,1-8H3/b16-12+. The lowest BCUT2D eigenvalue weighted by Crippen LogP contribution is -2.74. The number of rotatable bonds is 7. The van der Waals surface area contributed by atoms with E-state index >= 15 is 0 Å². The van der Waals surface area contributed by atoms with E-state index in [4.69, 9.17) is 9.47 Å². The molecule has 0 N–H and O–H groups in total. The highest BCUT2D eigenvalue weighted by Gasteiger charge is 2.59. The first-order valence-corrected chi connectivity index (χ1v) is 14.0. The number of ether oxygens (including phenoxy) is 2. The molecule has 2 rings (SSSR count). The molecular weight excluding hydrogens is 422 g/mol. The van der Waals surface area contributed by atoms with E-state index in [9.17, 15) is 14.4 Å². The summed E-state index contributed by atoms with van der Waals surface area (Å²) in [5.41, 5.74) is 0.308. The summed E-state index contributed by atoms with van der Waals surface area (Å²) in [5.74, 6) is -1.44. The van der Waals surface area contributed by atoms with Crippen LogP contribution in [0.4, 0.5) is 0 Å². The molecule has 1 amide bonds. The number of benzene rings is 1. The van der Waals surface area contributed by atoms with Crippen LogP contribution >= 0.6 is 0 Å². The van der Waals surface area contributed by atoms with Crippen molar-refractivity contribution < 1.29 is 23.9 Å². The Balaban J connectivity index is 2.17. The molecule has 32 heavy (non-hydrogen) atoms. The minimum atomic E-state index is -2.29. The van der Waals surface area contributed by atoms with Crippen LogP contribution in [0.1, 0.15) is 53.5 Å². The van der Waals surface area contributed by atoms with Crippen LogP contribution in [0, 0.1) is 5.92 Å². The first kappa shape index (κ1) is 25.8. The Bertz CT molecular complexity index is 865. The second-order valence-electron chi connectivity index (χ2n) is 10.8. The van der Waals surface area contributed by atoms with Gasteiger partial charge in [-0.25, -0.2) is 9.59 Å². The topological polar surface area (TPSA) is 72.9 Å². The molecule has 0 aromatic heterocycles. The van der Waals surface area contributed by atoms with Gasteiger partial charge in [0.25, 0.3) is 0 Å². The molecule has 2 atom stereocenters. The normalized spacial score (nSPS) is 19.6. The predicted molar refractivity (Wildman–Crippen MR) is 127 cm³/mol. The first-order valence-electron chi connectivity index (χ1n) is 11.1. The Labute approximate surface area is 193 Å². The average Bonchev–Trinajstić information content (AvgIpc) is 2.65. The van der Waals surface area contributed by atoms with Crippen molar-refractivity contribution in [3.8, 4) is 0 Å². The molecule has 176 valence electrons. The monoisotopic (exact) mass is 459 g/mol. The van der Waals surface area contributed by atoms with Crippen LogP contribution in [0.25, 0.3) is 0 Å². The summed E-state index contributed by atoms with van der Waals surface area (Å²) < 4.78 is 12.7. The summed E-state index contributed by atoms with van der Waals surface area (Å²) >= 11 is 0. The molecule has 1 saturated heterocycles. The van der Waals surface area contributed by atoms with Crippen molar-refractivity contribution in [2.75, 3.05) is 0 Å². The highest BCUT2D eigenvalue weighted by molar-refractivity contribution is 6.80. The number of hydrogen-bond donors (Lipinski definition) is 0. The fourth-order valence-electron chi connectivity index (χ4n) is 3.49. The van der Waals surface area contributed by atoms with Crippen LogP contribution < -0.4 is 0 Å². The molecule has 7 heteroatoms. The van der Waals surface area contributed by atoms with Gasteiger partial charge in [0.05, 0.1) is 5.92 Å². The Hall–Kier alpha value is -2.41. The van der Waals surface area contributed by atoms with E-state index < -0.39 is 37.7 Å². The quantitative estimate of drug-likeness (QED) is 0.252. The van der Waals surface area contributed by atoms with Gasteiger partial charge >= 0.3 is 11.9 Å². The summed E-state index contributed by atoms with van der Waals surface area (Å²) in [4.78, 5) is 38.2. The van der Waals surface area contributed by atoms with E-state index in [1.165, 1.54) is 6.08 Å². The molecule has 0 radical (unpaired) electrons. The van der Waals surface area contributed by atoms with E-state index in [-0.39, 0.29) is 24.0 Å². The minimum absolute atomic E-state index is 0.0490. The summed E-state index contributed by atoms with van der Waals surface area (Å²) in [5, 5.41) is -0.113. The van der Waals surface area contributed by atoms with Crippen molar-refractivity contribution in [2.45, 2.75) is 84.3 Å². The van der Waals surface area contributed by atoms with Crippen LogP contribution in [0.2, 0.25) is 18.1 Å². The fourth-order valence-corrected chi connectivity index (χ4v) is 5.91. The number of allylic oxidation sites excluding steroid dienone is 1. The highest BCUT2D eigenvalue weighted by atomic mass is 28.3. The number of esters is 2. The molecule has 1 heterocycles. The Morgan fingerprint density at radius 3 is 2.19 bits per heavy atom. The van der Waals surface area contributed by atoms with Gasteiger partial charge in [-0.3, -0.25) is 4.79 Å². The fraction of sp³-hybridized carbons (Fsp3) is 0.560. The molecule has 0 bridgehead atoms. The molecular formula is C25H37NO5Si.